The number of methoxy groups -OCH3 is 1. The monoisotopic (exact) mass is 454 g/mol. The lowest BCUT2D eigenvalue weighted by molar-refractivity contribution is 0.412. The van der Waals surface area contributed by atoms with E-state index in [-0.39, 0.29) is 11.2 Å². The van der Waals surface area contributed by atoms with Crippen molar-refractivity contribution in [1.82, 2.24) is 0 Å². The Balaban J connectivity index is 2.38. The summed E-state index contributed by atoms with van der Waals surface area (Å²) in [4.78, 5) is 0. The van der Waals surface area contributed by atoms with Gasteiger partial charge in [0.1, 0.15) is 11.6 Å². The van der Waals surface area contributed by atoms with Crippen LogP contribution in [0.3, 0.4) is 0 Å². The van der Waals surface area contributed by atoms with E-state index in [1.54, 1.807) is 13.2 Å². The van der Waals surface area contributed by atoms with E-state index in [0.29, 0.717) is 0 Å². The third-order valence-corrected chi connectivity index (χ3v) is 4.75. The van der Waals surface area contributed by atoms with Gasteiger partial charge in [-0.25, -0.2) is 4.39 Å². The van der Waals surface area contributed by atoms with Crippen LogP contribution in [0.4, 0.5) is 4.39 Å². The maximum Gasteiger partial charge on any atom is 0.133 e. The molecule has 0 aromatic heterocycles. The molecule has 0 amide bonds. The normalized spacial score (nSPS) is 12.3. The molecule has 0 heterocycles. The SMILES string of the molecule is COc1ccc(C(Cl)c2ccc(F)cc2I)cc1Br. The molecule has 100 valence electrons. The van der Waals surface area contributed by atoms with Gasteiger partial charge in [0, 0.05) is 3.57 Å². The minimum atomic E-state index is -0.324. The lowest BCUT2D eigenvalue weighted by atomic mass is 10.0. The minimum Gasteiger partial charge on any atom is -0.496 e. The first-order chi connectivity index (χ1) is 9.02. The summed E-state index contributed by atoms with van der Waals surface area (Å²) in [5.41, 5.74) is 1.82. The van der Waals surface area contributed by atoms with Crippen molar-refractivity contribution in [3.63, 3.8) is 0 Å². The fourth-order valence-electron chi connectivity index (χ4n) is 1.73. The van der Waals surface area contributed by atoms with Gasteiger partial charge in [-0.05, 0) is 73.9 Å². The smallest absolute Gasteiger partial charge is 0.133 e. The van der Waals surface area contributed by atoms with Gasteiger partial charge >= 0.3 is 0 Å². The second-order valence-electron chi connectivity index (χ2n) is 3.92. The molecule has 1 nitrogen and oxygen atoms in total. The summed E-state index contributed by atoms with van der Waals surface area (Å²) in [7, 11) is 1.61. The predicted octanol–water partition coefficient (Wildman–Crippen LogP) is 5.53. The number of halogens is 4. The van der Waals surface area contributed by atoms with Crippen molar-refractivity contribution in [3.8, 4) is 5.75 Å². The molecule has 0 saturated heterocycles. The molecule has 1 atom stereocenters. The third kappa shape index (κ3) is 3.41. The number of rotatable bonds is 3. The van der Waals surface area contributed by atoms with Crippen molar-refractivity contribution in [3.05, 3.63) is 61.4 Å². The Bertz CT molecular complexity index is 606. The maximum atomic E-state index is 13.1. The van der Waals surface area contributed by atoms with Gasteiger partial charge in [0.25, 0.3) is 0 Å². The molecule has 2 rings (SSSR count). The molecular weight excluding hydrogens is 445 g/mol. The zero-order valence-corrected chi connectivity index (χ0v) is 14.5. The van der Waals surface area contributed by atoms with E-state index in [4.69, 9.17) is 16.3 Å². The van der Waals surface area contributed by atoms with E-state index in [0.717, 1.165) is 24.9 Å². The van der Waals surface area contributed by atoms with Crippen LogP contribution in [0.5, 0.6) is 5.75 Å². The number of benzene rings is 2. The average molecular weight is 455 g/mol. The van der Waals surface area contributed by atoms with Crippen molar-refractivity contribution in [1.29, 1.82) is 0 Å². The van der Waals surface area contributed by atoms with Crippen LogP contribution in [0.2, 0.25) is 0 Å². The lowest BCUT2D eigenvalue weighted by Crippen LogP contribution is -1.97. The largest absolute Gasteiger partial charge is 0.496 e. The molecule has 0 fully saturated rings. The van der Waals surface area contributed by atoms with Crippen molar-refractivity contribution in [2.24, 2.45) is 0 Å². The summed E-state index contributed by atoms with van der Waals surface area (Å²) < 4.78 is 19.9. The molecule has 0 aliphatic rings. The van der Waals surface area contributed by atoms with Gasteiger partial charge in [0.05, 0.1) is 17.0 Å². The van der Waals surface area contributed by atoms with Gasteiger partial charge in [-0.1, -0.05) is 12.1 Å². The Kier molecular flexibility index (Phi) is 5.09. The minimum absolute atomic E-state index is 0.257. The molecule has 0 aliphatic carbocycles. The summed E-state index contributed by atoms with van der Waals surface area (Å²) in [6.45, 7) is 0. The quantitative estimate of drug-likeness (QED) is 0.437. The molecule has 2 aromatic rings. The Labute approximate surface area is 138 Å². The van der Waals surface area contributed by atoms with Crippen LogP contribution in [-0.4, -0.2) is 7.11 Å². The summed E-state index contributed by atoms with van der Waals surface area (Å²) >= 11 is 12.0. The van der Waals surface area contributed by atoms with Gasteiger partial charge in [-0.3, -0.25) is 0 Å². The van der Waals surface area contributed by atoms with Crippen molar-refractivity contribution >= 4 is 50.1 Å². The second-order valence-corrected chi connectivity index (χ2v) is 6.38. The van der Waals surface area contributed by atoms with E-state index >= 15 is 0 Å². The van der Waals surface area contributed by atoms with Crippen LogP contribution in [0, 0.1) is 9.39 Å². The van der Waals surface area contributed by atoms with Gasteiger partial charge in [-0.15, -0.1) is 11.6 Å². The fourth-order valence-corrected chi connectivity index (χ4v) is 3.58. The fraction of sp³-hybridized carbons (Fsp3) is 0.143. The van der Waals surface area contributed by atoms with Gasteiger partial charge < -0.3 is 4.74 Å². The van der Waals surface area contributed by atoms with Crippen molar-refractivity contribution in [2.45, 2.75) is 5.38 Å². The molecular formula is C14H10BrClFIO. The second kappa shape index (κ2) is 6.41. The maximum absolute atomic E-state index is 13.1. The van der Waals surface area contributed by atoms with Crippen molar-refractivity contribution in [2.75, 3.05) is 7.11 Å². The van der Waals surface area contributed by atoms with Crippen LogP contribution in [0.25, 0.3) is 0 Å². The molecule has 5 heteroatoms. The number of hydrogen-bond donors (Lipinski definition) is 0. The Morgan fingerprint density at radius 3 is 2.58 bits per heavy atom. The standard InChI is InChI=1S/C14H10BrClFIO/c1-19-13-5-2-8(6-11(13)15)14(16)10-4-3-9(17)7-12(10)18/h2-7,14H,1H3. The van der Waals surface area contributed by atoms with E-state index < -0.39 is 0 Å². The number of hydrogen-bond acceptors (Lipinski definition) is 1. The zero-order chi connectivity index (χ0) is 14.0. The Hall–Kier alpha value is -0.330. The first kappa shape index (κ1) is 15.1. The summed E-state index contributed by atoms with van der Waals surface area (Å²) in [5.74, 6) is 0.495. The molecule has 0 aliphatic heterocycles. The highest BCUT2D eigenvalue weighted by molar-refractivity contribution is 14.1. The highest BCUT2D eigenvalue weighted by atomic mass is 127. The molecule has 0 bridgehead atoms. The molecule has 0 saturated carbocycles. The Morgan fingerprint density at radius 2 is 2.00 bits per heavy atom. The van der Waals surface area contributed by atoms with Crippen LogP contribution in [0.15, 0.2) is 40.9 Å². The first-order valence-electron chi connectivity index (χ1n) is 5.45. The van der Waals surface area contributed by atoms with E-state index in [1.807, 2.05) is 18.2 Å². The molecule has 2 aromatic carbocycles. The average Bonchev–Trinajstić information content (AvgIpc) is 2.38. The van der Waals surface area contributed by atoms with Crippen LogP contribution < -0.4 is 4.74 Å². The van der Waals surface area contributed by atoms with E-state index in [9.17, 15) is 4.39 Å². The van der Waals surface area contributed by atoms with Crippen LogP contribution >= 0.6 is 50.1 Å². The van der Waals surface area contributed by atoms with E-state index in [2.05, 4.69) is 38.5 Å². The first-order valence-corrected chi connectivity index (χ1v) is 7.76. The molecule has 0 spiro atoms. The van der Waals surface area contributed by atoms with E-state index in [1.165, 1.54) is 12.1 Å². The predicted molar refractivity (Wildman–Crippen MR) is 87.5 cm³/mol. The topological polar surface area (TPSA) is 9.23 Å². The molecule has 0 N–H and O–H groups in total. The number of alkyl halides is 1. The van der Waals surface area contributed by atoms with Gasteiger partial charge in [0.15, 0.2) is 0 Å². The third-order valence-electron chi connectivity index (χ3n) is 2.70. The number of ether oxygens (including phenoxy) is 1. The highest BCUT2D eigenvalue weighted by Gasteiger charge is 2.15. The highest BCUT2D eigenvalue weighted by Crippen LogP contribution is 2.35. The Morgan fingerprint density at radius 1 is 1.26 bits per heavy atom. The van der Waals surface area contributed by atoms with Crippen molar-refractivity contribution < 1.29 is 9.13 Å². The lowest BCUT2D eigenvalue weighted by Gasteiger charge is -2.14. The zero-order valence-electron chi connectivity index (χ0n) is 9.96. The van der Waals surface area contributed by atoms with Crippen LogP contribution in [0.1, 0.15) is 16.5 Å². The molecule has 1 unspecified atom stereocenters. The summed E-state index contributed by atoms with van der Waals surface area (Å²) in [5, 5.41) is -0.324. The van der Waals surface area contributed by atoms with Crippen LogP contribution in [-0.2, 0) is 0 Å². The molecule has 19 heavy (non-hydrogen) atoms. The summed E-state index contributed by atoms with van der Waals surface area (Å²) in [6, 6.07) is 10.3. The molecule has 0 radical (unpaired) electrons. The van der Waals surface area contributed by atoms with Gasteiger partial charge in [0.2, 0.25) is 0 Å². The van der Waals surface area contributed by atoms with Gasteiger partial charge in [-0.2, -0.15) is 0 Å². The summed E-state index contributed by atoms with van der Waals surface area (Å²) in [6.07, 6.45) is 0.